The second kappa shape index (κ2) is 17.0. The summed E-state index contributed by atoms with van der Waals surface area (Å²) < 4.78 is 2.04. The largest absolute Gasteiger partial charge is 0.354 e. The summed E-state index contributed by atoms with van der Waals surface area (Å²) in [7, 11) is 0. The Kier molecular flexibility index (Phi) is 12.9. The first-order valence-electron chi connectivity index (χ1n) is 16.6. The number of imidazole rings is 1. The molecule has 238 valence electrons. The van der Waals surface area contributed by atoms with Crippen LogP contribution in [0.3, 0.4) is 0 Å². The number of urea groups is 1. The lowest BCUT2D eigenvalue weighted by Crippen LogP contribution is -2.63. The zero-order valence-corrected chi connectivity index (χ0v) is 26.8. The third kappa shape index (κ3) is 10.2. The summed E-state index contributed by atoms with van der Waals surface area (Å²) in [5.41, 5.74) is 6.44. The molecule has 3 aliphatic rings. The lowest BCUT2D eigenvalue weighted by Gasteiger charge is -2.41. The van der Waals surface area contributed by atoms with E-state index < -0.39 is 6.04 Å². The predicted octanol–water partition coefficient (Wildman–Crippen LogP) is 5.13. The molecular weight excluding hydrogens is 550 g/mol. The summed E-state index contributed by atoms with van der Waals surface area (Å²) in [6, 6.07) is 1.74. The number of carbonyl (C=O) groups excluding carboxylic acids is 2. The maximum atomic E-state index is 13.6. The van der Waals surface area contributed by atoms with Gasteiger partial charge in [0.05, 0.1) is 24.9 Å². The van der Waals surface area contributed by atoms with Crippen molar-refractivity contribution in [2.45, 2.75) is 96.7 Å². The second-order valence-corrected chi connectivity index (χ2v) is 13.0. The van der Waals surface area contributed by atoms with Crippen LogP contribution in [0.2, 0.25) is 0 Å². The molecule has 1 aromatic rings. The lowest BCUT2D eigenvalue weighted by atomic mass is 9.95. The number of nitriles is 1. The Balaban J connectivity index is 1.33. The number of amides is 3. The van der Waals surface area contributed by atoms with Crippen molar-refractivity contribution >= 4 is 11.9 Å². The van der Waals surface area contributed by atoms with Crippen molar-refractivity contribution in [2.75, 3.05) is 32.7 Å². The van der Waals surface area contributed by atoms with Crippen molar-refractivity contribution in [2.24, 2.45) is 11.8 Å². The third-order valence-corrected chi connectivity index (χ3v) is 8.98. The summed E-state index contributed by atoms with van der Waals surface area (Å²) in [5.74, 6) is 0.362. The maximum absolute atomic E-state index is 13.6. The van der Waals surface area contributed by atoms with Crippen LogP contribution in [0.1, 0.15) is 77.3 Å². The van der Waals surface area contributed by atoms with E-state index in [-0.39, 0.29) is 23.9 Å². The molecule has 0 bridgehead atoms. The average Bonchev–Trinajstić information content (AvgIpc) is 3.47. The van der Waals surface area contributed by atoms with Crippen LogP contribution in [0.5, 0.6) is 0 Å². The van der Waals surface area contributed by atoms with Gasteiger partial charge >= 0.3 is 6.03 Å². The molecule has 0 radical (unpaired) electrons. The zero-order valence-electron chi connectivity index (χ0n) is 26.8. The molecule has 1 saturated heterocycles. The molecule has 2 atom stereocenters. The van der Waals surface area contributed by atoms with Crippen LogP contribution < -0.4 is 10.6 Å². The lowest BCUT2D eigenvalue weighted by molar-refractivity contribution is -0.127. The average molecular weight is 602 g/mol. The highest BCUT2D eigenvalue weighted by Crippen LogP contribution is 2.20. The molecule has 2 N–H and O–H groups in total. The summed E-state index contributed by atoms with van der Waals surface area (Å²) >= 11 is 0. The van der Waals surface area contributed by atoms with Gasteiger partial charge in [-0.25, -0.2) is 9.78 Å². The monoisotopic (exact) mass is 601 g/mol. The highest BCUT2D eigenvalue weighted by Gasteiger charge is 2.36. The van der Waals surface area contributed by atoms with Crippen LogP contribution in [0.15, 0.2) is 54.2 Å². The molecule has 2 heterocycles. The van der Waals surface area contributed by atoms with Gasteiger partial charge in [-0.3, -0.25) is 9.69 Å². The van der Waals surface area contributed by atoms with Crippen molar-refractivity contribution in [1.82, 2.24) is 30.0 Å². The number of rotatable bonds is 14. The molecule has 3 amide bonds. The molecule has 0 spiro atoms. The van der Waals surface area contributed by atoms with Crippen LogP contribution >= 0.6 is 0 Å². The molecule has 9 nitrogen and oxygen atoms in total. The topological polar surface area (TPSA) is 106 Å². The normalized spacial score (nSPS) is 20.8. The number of carbonyl (C=O) groups is 2. The Labute approximate surface area is 263 Å². The summed E-state index contributed by atoms with van der Waals surface area (Å²) in [6.07, 6.45) is 19.7. The van der Waals surface area contributed by atoms with Gasteiger partial charge in [0.15, 0.2) is 0 Å². The van der Waals surface area contributed by atoms with E-state index in [1.54, 1.807) is 17.3 Å². The molecular formula is C35H51N7O2. The van der Waals surface area contributed by atoms with Gasteiger partial charge in [0.1, 0.15) is 6.04 Å². The molecule has 9 heteroatoms. The fraction of sp³-hybridized carbons (Fsp3) is 0.629. The molecule has 1 saturated carbocycles. The van der Waals surface area contributed by atoms with E-state index in [4.69, 9.17) is 5.26 Å². The van der Waals surface area contributed by atoms with Gasteiger partial charge < -0.3 is 20.1 Å². The minimum absolute atomic E-state index is 0.112. The molecule has 0 aromatic carbocycles. The van der Waals surface area contributed by atoms with Gasteiger partial charge in [0.2, 0.25) is 5.91 Å². The Morgan fingerprint density at radius 2 is 2.02 bits per heavy atom. The SMILES string of the molecule is C=C(CCCC(C)C)CCN1CCN(C(=O)NC2CCCCC2)[C@@H](C(=O)NCCc2cncn2CC2=C=CC(C#N)C=C2)C1. The van der Waals surface area contributed by atoms with E-state index in [0.29, 0.717) is 38.5 Å². The van der Waals surface area contributed by atoms with E-state index in [1.165, 1.54) is 24.8 Å². The Bertz CT molecular complexity index is 1260. The number of nitrogens with zero attached hydrogens (tertiary/aromatic N) is 5. The van der Waals surface area contributed by atoms with Crippen molar-refractivity contribution < 1.29 is 9.59 Å². The van der Waals surface area contributed by atoms with E-state index in [2.05, 4.69) is 52.7 Å². The maximum Gasteiger partial charge on any atom is 0.318 e. The van der Waals surface area contributed by atoms with Crippen molar-refractivity contribution in [3.63, 3.8) is 0 Å². The summed E-state index contributed by atoms with van der Waals surface area (Å²) in [5, 5.41) is 15.4. The first-order chi connectivity index (χ1) is 21.3. The standard InChI is InChI=1S/C35H51N7O2/c1-27(2)8-7-9-28(3)17-19-40-20-21-42(35(44)39-31-10-5-4-6-11-31)33(25-40)34(43)38-18-16-32-23-37-26-41(32)24-30-14-12-29(22-36)13-15-30/h12-14,23,26-27,29,31,33H,3-11,16-21,24-25H2,1-2H3,(H,38,43)(H,39,44)/t29?,33-/m1/s1. The predicted molar refractivity (Wildman–Crippen MR) is 174 cm³/mol. The number of nitrogens with one attached hydrogen (secondary N) is 2. The van der Waals surface area contributed by atoms with E-state index in [1.807, 2.05) is 22.9 Å². The van der Waals surface area contributed by atoms with E-state index in [9.17, 15) is 9.59 Å². The van der Waals surface area contributed by atoms with Gasteiger partial charge in [0.25, 0.3) is 0 Å². The van der Waals surface area contributed by atoms with Crippen molar-refractivity contribution in [3.05, 3.63) is 59.9 Å². The van der Waals surface area contributed by atoms with Crippen LogP contribution in [0, 0.1) is 23.2 Å². The van der Waals surface area contributed by atoms with Gasteiger partial charge in [-0.2, -0.15) is 5.26 Å². The second-order valence-electron chi connectivity index (χ2n) is 13.0. The molecule has 1 aromatic heterocycles. The summed E-state index contributed by atoms with van der Waals surface area (Å²) in [6.45, 7) is 12.5. The quantitative estimate of drug-likeness (QED) is 0.227. The first-order valence-corrected chi connectivity index (χ1v) is 16.6. The van der Waals surface area contributed by atoms with Crippen LogP contribution in [-0.2, 0) is 17.8 Å². The molecule has 1 aliphatic heterocycles. The van der Waals surface area contributed by atoms with Crippen molar-refractivity contribution in [1.29, 1.82) is 5.26 Å². The summed E-state index contributed by atoms with van der Waals surface area (Å²) in [4.78, 5) is 35.4. The highest BCUT2D eigenvalue weighted by molar-refractivity contribution is 5.87. The first kappa shape index (κ1) is 33.3. The van der Waals surface area contributed by atoms with Gasteiger partial charge in [0, 0.05) is 62.7 Å². The van der Waals surface area contributed by atoms with Crippen LogP contribution in [-0.4, -0.2) is 76.1 Å². The van der Waals surface area contributed by atoms with Gasteiger partial charge in [-0.15, -0.1) is 5.73 Å². The Hall–Kier alpha value is -3.60. The highest BCUT2D eigenvalue weighted by atomic mass is 16.2. The molecule has 1 unspecified atom stereocenters. The van der Waals surface area contributed by atoms with E-state index in [0.717, 1.165) is 62.9 Å². The third-order valence-electron chi connectivity index (χ3n) is 8.98. The minimum atomic E-state index is -0.540. The van der Waals surface area contributed by atoms with E-state index >= 15 is 0 Å². The van der Waals surface area contributed by atoms with Gasteiger partial charge in [-0.1, -0.05) is 63.8 Å². The fourth-order valence-corrected chi connectivity index (χ4v) is 6.23. The number of aromatic nitrogens is 2. The molecule has 44 heavy (non-hydrogen) atoms. The van der Waals surface area contributed by atoms with Crippen LogP contribution in [0.25, 0.3) is 0 Å². The number of allylic oxidation sites excluding steroid dienone is 3. The van der Waals surface area contributed by atoms with Gasteiger partial charge in [-0.05, 0) is 44.1 Å². The molecule has 2 aliphatic carbocycles. The number of hydrogen-bond donors (Lipinski definition) is 2. The smallest absolute Gasteiger partial charge is 0.318 e. The van der Waals surface area contributed by atoms with Crippen molar-refractivity contribution in [3.8, 4) is 6.07 Å². The molecule has 2 fully saturated rings. The number of piperazine rings is 1. The zero-order chi connectivity index (χ0) is 31.3. The fourth-order valence-electron chi connectivity index (χ4n) is 6.23. The Morgan fingerprint density at radius 1 is 1.20 bits per heavy atom. The Morgan fingerprint density at radius 3 is 2.75 bits per heavy atom. The van der Waals surface area contributed by atoms with Crippen LogP contribution in [0.4, 0.5) is 4.79 Å². The molecule has 4 rings (SSSR count). The number of hydrogen-bond acceptors (Lipinski definition) is 5. The minimum Gasteiger partial charge on any atom is -0.354 e.